The summed E-state index contributed by atoms with van der Waals surface area (Å²) in [5.74, 6) is 0.160. The fourth-order valence-electron chi connectivity index (χ4n) is 5.35. The molecule has 45 heavy (non-hydrogen) atoms. The van der Waals surface area contributed by atoms with E-state index in [1.165, 1.54) is 77.0 Å². The number of epoxide rings is 1. The fraction of sp³-hybridized carbons (Fsp3) is 0.795. The molecule has 3 atom stereocenters. The molecule has 1 saturated heterocycles. The second-order valence-corrected chi connectivity index (χ2v) is 13.2. The summed E-state index contributed by atoms with van der Waals surface area (Å²) in [4.78, 5) is 24.2. The van der Waals surface area contributed by atoms with E-state index < -0.39 is 6.10 Å². The molecule has 6 heteroatoms. The Hall–Kier alpha value is -1.92. The second kappa shape index (κ2) is 29.5. The molecule has 1 fully saturated rings. The summed E-state index contributed by atoms with van der Waals surface area (Å²) >= 11 is 0. The number of rotatable bonds is 31. The fourth-order valence-corrected chi connectivity index (χ4v) is 5.35. The van der Waals surface area contributed by atoms with Crippen LogP contribution in [0.3, 0.4) is 0 Å². The van der Waals surface area contributed by atoms with E-state index in [0.29, 0.717) is 25.0 Å². The maximum absolute atomic E-state index is 12.1. The van der Waals surface area contributed by atoms with Crippen LogP contribution in [0.25, 0.3) is 0 Å². The monoisotopic (exact) mass is 633 g/mol. The lowest BCUT2D eigenvalue weighted by molar-refractivity contribution is -0.161. The number of ether oxygens (including phenoxy) is 3. The van der Waals surface area contributed by atoms with E-state index in [0.717, 1.165) is 50.9 Å². The van der Waals surface area contributed by atoms with E-state index in [-0.39, 0.29) is 31.6 Å². The molecule has 1 N–H and O–H groups in total. The third kappa shape index (κ3) is 27.0. The summed E-state index contributed by atoms with van der Waals surface area (Å²) in [6.07, 6.45) is 36.7. The first-order valence-electron chi connectivity index (χ1n) is 18.5. The Morgan fingerprint density at radius 1 is 0.711 bits per heavy atom. The maximum atomic E-state index is 12.1. The molecule has 2 unspecified atom stereocenters. The third-order valence-electron chi connectivity index (χ3n) is 8.29. The Morgan fingerprint density at radius 2 is 1.31 bits per heavy atom. The van der Waals surface area contributed by atoms with Gasteiger partial charge < -0.3 is 19.3 Å². The lowest BCUT2D eigenvalue weighted by Gasteiger charge is -2.15. The van der Waals surface area contributed by atoms with E-state index in [2.05, 4.69) is 57.2 Å². The summed E-state index contributed by atoms with van der Waals surface area (Å²) in [5.41, 5.74) is 0. The number of esters is 2. The molecule has 260 valence electrons. The number of hydrogen-bond acceptors (Lipinski definition) is 6. The molecule has 0 aromatic rings. The van der Waals surface area contributed by atoms with E-state index >= 15 is 0 Å². The molecule has 0 aromatic heterocycles. The topological polar surface area (TPSA) is 85.4 Å². The SMILES string of the molecule is CCCCCC1OC1C/C=C\C/C=C\C/C=C\CCCC(=O)O[C@@H](CO)COC(=O)CCCCCCCCCCCCC(C)C. The zero-order valence-corrected chi connectivity index (χ0v) is 29.2. The van der Waals surface area contributed by atoms with Crippen LogP contribution in [-0.4, -0.2) is 48.6 Å². The predicted octanol–water partition coefficient (Wildman–Crippen LogP) is 10.1. The van der Waals surface area contributed by atoms with Crippen LogP contribution in [-0.2, 0) is 23.8 Å². The first-order valence-corrected chi connectivity index (χ1v) is 18.5. The minimum Gasteiger partial charge on any atom is -0.462 e. The average molecular weight is 633 g/mol. The van der Waals surface area contributed by atoms with Crippen molar-refractivity contribution < 1.29 is 28.9 Å². The van der Waals surface area contributed by atoms with Gasteiger partial charge in [0, 0.05) is 12.8 Å². The third-order valence-corrected chi connectivity index (χ3v) is 8.29. The van der Waals surface area contributed by atoms with Crippen LogP contribution >= 0.6 is 0 Å². The number of allylic oxidation sites excluding steroid dienone is 5. The van der Waals surface area contributed by atoms with Crippen molar-refractivity contribution in [3.8, 4) is 0 Å². The molecule has 1 aliphatic rings. The van der Waals surface area contributed by atoms with Gasteiger partial charge in [0.25, 0.3) is 0 Å². The van der Waals surface area contributed by atoms with Crippen molar-refractivity contribution in [1.82, 2.24) is 0 Å². The molecule has 0 aromatic carbocycles. The van der Waals surface area contributed by atoms with E-state index in [1.54, 1.807) is 0 Å². The lowest BCUT2D eigenvalue weighted by atomic mass is 10.0. The summed E-state index contributed by atoms with van der Waals surface area (Å²) in [5, 5.41) is 9.52. The molecule has 6 nitrogen and oxygen atoms in total. The van der Waals surface area contributed by atoms with Crippen LogP contribution in [0.5, 0.6) is 0 Å². The Kier molecular flexibility index (Phi) is 26.9. The Labute approximate surface area is 276 Å². The molecule has 0 amide bonds. The molecular formula is C39H68O6. The van der Waals surface area contributed by atoms with Crippen molar-refractivity contribution >= 4 is 11.9 Å². The molecule has 0 saturated carbocycles. The van der Waals surface area contributed by atoms with Crippen molar-refractivity contribution in [2.24, 2.45) is 5.92 Å². The van der Waals surface area contributed by atoms with Crippen molar-refractivity contribution in [3.63, 3.8) is 0 Å². The van der Waals surface area contributed by atoms with E-state index in [1.807, 2.05) is 0 Å². The predicted molar refractivity (Wildman–Crippen MR) is 186 cm³/mol. The number of carbonyl (C=O) groups is 2. The Balaban J connectivity index is 1.94. The summed E-state index contributed by atoms with van der Waals surface area (Å²) in [7, 11) is 0. The maximum Gasteiger partial charge on any atom is 0.306 e. The Morgan fingerprint density at radius 3 is 1.96 bits per heavy atom. The van der Waals surface area contributed by atoms with Gasteiger partial charge in [-0.2, -0.15) is 0 Å². The first-order chi connectivity index (χ1) is 22.0. The highest BCUT2D eigenvalue weighted by molar-refractivity contribution is 5.70. The van der Waals surface area contributed by atoms with Crippen LogP contribution in [0.15, 0.2) is 36.5 Å². The van der Waals surface area contributed by atoms with Gasteiger partial charge in [0.1, 0.15) is 6.61 Å². The number of carbonyl (C=O) groups excluding carboxylic acids is 2. The van der Waals surface area contributed by atoms with Crippen molar-refractivity contribution in [3.05, 3.63) is 36.5 Å². The second-order valence-electron chi connectivity index (χ2n) is 13.2. The van der Waals surface area contributed by atoms with Gasteiger partial charge in [0.2, 0.25) is 0 Å². The Bertz CT molecular complexity index is 801. The molecule has 0 aliphatic carbocycles. The molecule has 0 bridgehead atoms. The van der Waals surface area contributed by atoms with Gasteiger partial charge in [-0.05, 0) is 50.9 Å². The largest absolute Gasteiger partial charge is 0.462 e. The molecule has 1 rings (SSSR count). The number of unbranched alkanes of at least 4 members (excludes halogenated alkanes) is 12. The number of hydrogen-bond donors (Lipinski definition) is 1. The van der Waals surface area contributed by atoms with Gasteiger partial charge in [-0.1, -0.05) is 141 Å². The number of aliphatic hydroxyl groups excluding tert-OH is 1. The average Bonchev–Trinajstić information content (AvgIpc) is 3.77. The van der Waals surface area contributed by atoms with Crippen LogP contribution in [0.4, 0.5) is 0 Å². The summed E-state index contributed by atoms with van der Waals surface area (Å²) < 4.78 is 16.3. The van der Waals surface area contributed by atoms with Crippen LogP contribution in [0.1, 0.15) is 162 Å². The highest BCUT2D eigenvalue weighted by Crippen LogP contribution is 2.30. The molecular weight excluding hydrogens is 564 g/mol. The molecule has 1 aliphatic heterocycles. The molecule has 1 heterocycles. The highest BCUT2D eigenvalue weighted by atomic mass is 16.6. The first kappa shape index (κ1) is 41.1. The minimum absolute atomic E-state index is 0.0897. The summed E-state index contributed by atoms with van der Waals surface area (Å²) in [6, 6.07) is 0. The standard InChI is InChI=1S/C39H68O6/c1-4-5-22-28-36-37(45-36)29-24-19-15-11-7-9-13-17-21-26-31-39(42)44-35(32-40)33-43-38(41)30-25-20-16-12-8-6-10-14-18-23-27-34(2)3/h7,11,13,17,19,24,34-37,40H,4-6,8-10,12,14-16,18,20-23,25-33H2,1-3H3/b11-7-,17-13-,24-19-/t35-,36?,37?/m0/s1. The van der Waals surface area contributed by atoms with Crippen LogP contribution in [0.2, 0.25) is 0 Å². The normalized spacial score (nSPS) is 17.2. The minimum atomic E-state index is -0.800. The molecule has 0 radical (unpaired) electrons. The van der Waals surface area contributed by atoms with Crippen molar-refractivity contribution in [2.75, 3.05) is 13.2 Å². The quantitative estimate of drug-likeness (QED) is 0.0354. The van der Waals surface area contributed by atoms with Crippen LogP contribution in [0, 0.1) is 5.92 Å². The van der Waals surface area contributed by atoms with Gasteiger partial charge in [-0.25, -0.2) is 0 Å². The van der Waals surface area contributed by atoms with Gasteiger partial charge in [-0.3, -0.25) is 9.59 Å². The zero-order chi connectivity index (χ0) is 32.8. The van der Waals surface area contributed by atoms with E-state index in [4.69, 9.17) is 14.2 Å². The van der Waals surface area contributed by atoms with Gasteiger partial charge in [0.05, 0.1) is 18.8 Å². The van der Waals surface area contributed by atoms with Crippen molar-refractivity contribution in [2.45, 2.75) is 180 Å². The molecule has 0 spiro atoms. The highest BCUT2D eigenvalue weighted by Gasteiger charge is 2.36. The van der Waals surface area contributed by atoms with Crippen molar-refractivity contribution in [1.29, 1.82) is 0 Å². The summed E-state index contributed by atoms with van der Waals surface area (Å²) in [6.45, 7) is 6.37. The smallest absolute Gasteiger partial charge is 0.306 e. The van der Waals surface area contributed by atoms with Crippen LogP contribution < -0.4 is 0 Å². The van der Waals surface area contributed by atoms with E-state index in [9.17, 15) is 14.7 Å². The van der Waals surface area contributed by atoms with Gasteiger partial charge >= 0.3 is 11.9 Å². The number of aliphatic hydroxyl groups is 1. The van der Waals surface area contributed by atoms with Gasteiger partial charge in [0.15, 0.2) is 6.10 Å². The lowest BCUT2D eigenvalue weighted by Crippen LogP contribution is -2.28. The zero-order valence-electron chi connectivity index (χ0n) is 29.2. The van der Waals surface area contributed by atoms with Gasteiger partial charge in [-0.15, -0.1) is 0 Å².